The van der Waals surface area contributed by atoms with Gasteiger partial charge in [0.05, 0.1) is 6.61 Å². The van der Waals surface area contributed by atoms with Crippen LogP contribution in [-0.4, -0.2) is 35.7 Å². The topological polar surface area (TPSA) is 23.5 Å². The molecular formula is C10H17NO. The van der Waals surface area contributed by atoms with E-state index in [1.54, 1.807) is 0 Å². The Bertz CT molecular complexity index is 173. The van der Waals surface area contributed by atoms with Crippen LogP contribution >= 0.6 is 0 Å². The second-order valence-electron chi connectivity index (χ2n) is 3.51. The molecule has 1 N–H and O–H groups in total. The van der Waals surface area contributed by atoms with E-state index in [9.17, 15) is 0 Å². The number of hydrogen-bond acceptors (Lipinski definition) is 2. The summed E-state index contributed by atoms with van der Waals surface area (Å²) in [5.41, 5.74) is 0. The van der Waals surface area contributed by atoms with Crippen LogP contribution in [-0.2, 0) is 0 Å². The Kier molecular flexibility index (Phi) is 3.58. The van der Waals surface area contributed by atoms with Crippen molar-refractivity contribution < 1.29 is 5.11 Å². The number of nitrogens with zero attached hydrogens (tertiary/aromatic N) is 1. The van der Waals surface area contributed by atoms with Crippen LogP contribution in [0.3, 0.4) is 0 Å². The number of aliphatic hydroxyl groups excluding tert-OH is 1. The Morgan fingerprint density at radius 1 is 1.67 bits per heavy atom. The van der Waals surface area contributed by atoms with Gasteiger partial charge in [-0.2, -0.15) is 0 Å². The summed E-state index contributed by atoms with van der Waals surface area (Å²) in [6.07, 6.45) is 7.17. The molecule has 0 radical (unpaired) electrons. The quantitative estimate of drug-likeness (QED) is 0.626. The molecule has 0 aromatic heterocycles. The van der Waals surface area contributed by atoms with Crippen molar-refractivity contribution in [3.8, 4) is 12.3 Å². The maximum absolute atomic E-state index is 9.11. The maximum atomic E-state index is 9.11. The van der Waals surface area contributed by atoms with E-state index in [-0.39, 0.29) is 6.61 Å². The Hall–Kier alpha value is -0.520. The van der Waals surface area contributed by atoms with E-state index in [2.05, 4.69) is 17.7 Å². The second-order valence-corrected chi connectivity index (χ2v) is 3.51. The predicted molar refractivity (Wildman–Crippen MR) is 49.7 cm³/mol. The lowest BCUT2D eigenvalue weighted by Crippen LogP contribution is -2.35. The van der Waals surface area contributed by atoms with Gasteiger partial charge >= 0.3 is 0 Å². The summed E-state index contributed by atoms with van der Waals surface area (Å²) in [5.74, 6) is 3.25. The van der Waals surface area contributed by atoms with Crippen LogP contribution in [0.15, 0.2) is 0 Å². The molecule has 12 heavy (non-hydrogen) atoms. The highest BCUT2D eigenvalue weighted by atomic mass is 16.3. The number of likely N-dealkylation sites (tertiary alicyclic amines) is 1. The summed E-state index contributed by atoms with van der Waals surface area (Å²) >= 11 is 0. The molecule has 2 nitrogen and oxygen atoms in total. The highest BCUT2D eigenvalue weighted by Crippen LogP contribution is 2.23. The number of terminal acetylenes is 1. The van der Waals surface area contributed by atoms with Gasteiger partial charge in [-0.3, -0.25) is 4.90 Å². The highest BCUT2D eigenvalue weighted by Gasteiger charge is 2.29. The van der Waals surface area contributed by atoms with Crippen LogP contribution in [0.25, 0.3) is 0 Å². The molecule has 2 heteroatoms. The van der Waals surface area contributed by atoms with Gasteiger partial charge in [-0.1, -0.05) is 6.92 Å². The number of hydrogen-bond donors (Lipinski definition) is 1. The molecular weight excluding hydrogens is 150 g/mol. The van der Waals surface area contributed by atoms with Crippen LogP contribution in [0.5, 0.6) is 0 Å². The molecule has 1 fully saturated rings. The fraction of sp³-hybridized carbons (Fsp3) is 0.800. The molecule has 1 rings (SSSR count). The molecule has 0 aliphatic carbocycles. The first-order chi connectivity index (χ1) is 5.79. The normalized spacial score (nSPS) is 30.4. The van der Waals surface area contributed by atoms with Crippen molar-refractivity contribution in [2.45, 2.75) is 25.8 Å². The minimum atomic E-state index is 0.270. The zero-order valence-corrected chi connectivity index (χ0v) is 7.66. The molecule has 0 saturated carbocycles. The van der Waals surface area contributed by atoms with Gasteiger partial charge in [0.15, 0.2) is 0 Å². The zero-order valence-electron chi connectivity index (χ0n) is 7.66. The van der Waals surface area contributed by atoms with Gasteiger partial charge in [-0.05, 0) is 18.9 Å². The molecule has 0 spiro atoms. The maximum Gasteiger partial charge on any atom is 0.0589 e. The summed E-state index contributed by atoms with van der Waals surface area (Å²) in [4.78, 5) is 2.30. The van der Waals surface area contributed by atoms with Gasteiger partial charge in [-0.15, -0.1) is 12.3 Å². The molecule has 2 unspecified atom stereocenters. The fourth-order valence-electron chi connectivity index (χ4n) is 1.87. The van der Waals surface area contributed by atoms with E-state index in [0.29, 0.717) is 12.0 Å². The summed E-state index contributed by atoms with van der Waals surface area (Å²) in [6.45, 7) is 4.49. The van der Waals surface area contributed by atoms with E-state index in [1.165, 1.54) is 6.42 Å². The minimum absolute atomic E-state index is 0.270. The molecule has 0 amide bonds. The summed E-state index contributed by atoms with van der Waals surface area (Å²) in [5, 5.41) is 9.11. The van der Waals surface area contributed by atoms with Crippen LogP contribution in [0, 0.1) is 18.3 Å². The average molecular weight is 167 g/mol. The predicted octanol–water partition coefficient (Wildman–Crippen LogP) is 0.712. The van der Waals surface area contributed by atoms with Gasteiger partial charge in [0, 0.05) is 19.0 Å². The molecule has 1 aliphatic heterocycles. The molecule has 1 aliphatic rings. The number of aliphatic hydroxyl groups is 1. The summed E-state index contributed by atoms with van der Waals surface area (Å²) < 4.78 is 0. The molecule has 0 aromatic carbocycles. The number of rotatable bonds is 3. The van der Waals surface area contributed by atoms with E-state index in [0.717, 1.165) is 19.5 Å². The van der Waals surface area contributed by atoms with Gasteiger partial charge in [0.25, 0.3) is 0 Å². The molecule has 1 heterocycles. The largest absolute Gasteiger partial charge is 0.395 e. The van der Waals surface area contributed by atoms with E-state index >= 15 is 0 Å². The lowest BCUT2D eigenvalue weighted by Gasteiger charge is -2.23. The van der Waals surface area contributed by atoms with Crippen LogP contribution in [0.4, 0.5) is 0 Å². The van der Waals surface area contributed by atoms with Crippen molar-refractivity contribution in [2.24, 2.45) is 5.92 Å². The molecule has 68 valence electrons. The van der Waals surface area contributed by atoms with Gasteiger partial charge in [0.1, 0.15) is 0 Å². The molecule has 1 saturated heterocycles. The Morgan fingerprint density at radius 2 is 2.42 bits per heavy atom. The minimum Gasteiger partial charge on any atom is -0.395 e. The molecule has 2 atom stereocenters. The Balaban J connectivity index is 2.39. The van der Waals surface area contributed by atoms with Gasteiger partial charge in [-0.25, -0.2) is 0 Å². The monoisotopic (exact) mass is 167 g/mol. The SMILES string of the molecule is C#CCCN1CCC(C)C1CO. The van der Waals surface area contributed by atoms with Crippen LogP contribution < -0.4 is 0 Å². The standard InChI is InChI=1S/C10H17NO/c1-3-4-6-11-7-5-9(2)10(11)8-12/h1,9-10,12H,4-8H2,2H3. The molecule has 0 bridgehead atoms. The first-order valence-electron chi connectivity index (χ1n) is 4.58. The lowest BCUT2D eigenvalue weighted by atomic mass is 10.0. The third kappa shape index (κ3) is 2.00. The smallest absolute Gasteiger partial charge is 0.0589 e. The Morgan fingerprint density at radius 3 is 3.00 bits per heavy atom. The molecule has 0 aromatic rings. The van der Waals surface area contributed by atoms with Crippen molar-refractivity contribution in [1.29, 1.82) is 0 Å². The van der Waals surface area contributed by atoms with Crippen LogP contribution in [0.2, 0.25) is 0 Å². The fourth-order valence-corrected chi connectivity index (χ4v) is 1.87. The zero-order chi connectivity index (χ0) is 8.97. The lowest BCUT2D eigenvalue weighted by molar-refractivity contribution is 0.141. The Labute approximate surface area is 74.6 Å². The van der Waals surface area contributed by atoms with Crippen molar-refractivity contribution in [3.05, 3.63) is 0 Å². The summed E-state index contributed by atoms with van der Waals surface area (Å²) in [6, 6.07) is 0.346. The van der Waals surface area contributed by atoms with E-state index in [1.807, 2.05) is 0 Å². The van der Waals surface area contributed by atoms with E-state index in [4.69, 9.17) is 11.5 Å². The third-order valence-electron chi connectivity index (χ3n) is 2.73. The van der Waals surface area contributed by atoms with Crippen molar-refractivity contribution >= 4 is 0 Å². The second kappa shape index (κ2) is 4.49. The van der Waals surface area contributed by atoms with Crippen molar-refractivity contribution in [2.75, 3.05) is 19.7 Å². The van der Waals surface area contributed by atoms with Crippen molar-refractivity contribution in [3.63, 3.8) is 0 Å². The third-order valence-corrected chi connectivity index (χ3v) is 2.73. The average Bonchev–Trinajstić information content (AvgIpc) is 2.43. The highest BCUT2D eigenvalue weighted by molar-refractivity contribution is 4.89. The van der Waals surface area contributed by atoms with Gasteiger partial charge in [0.2, 0.25) is 0 Å². The first-order valence-corrected chi connectivity index (χ1v) is 4.58. The van der Waals surface area contributed by atoms with Gasteiger partial charge < -0.3 is 5.11 Å². The summed E-state index contributed by atoms with van der Waals surface area (Å²) in [7, 11) is 0. The van der Waals surface area contributed by atoms with Crippen molar-refractivity contribution in [1.82, 2.24) is 4.90 Å². The van der Waals surface area contributed by atoms with Crippen LogP contribution in [0.1, 0.15) is 19.8 Å². The first kappa shape index (κ1) is 9.57. The van der Waals surface area contributed by atoms with E-state index < -0.39 is 0 Å².